The zero-order valence-electron chi connectivity index (χ0n) is 20.6. The first kappa shape index (κ1) is 21.9. The van der Waals surface area contributed by atoms with Crippen LogP contribution in [-0.2, 0) is 6.54 Å². The van der Waals surface area contributed by atoms with Crippen molar-refractivity contribution in [1.82, 2.24) is 19.1 Å². The predicted molar refractivity (Wildman–Crippen MR) is 147 cm³/mol. The van der Waals surface area contributed by atoms with Gasteiger partial charge in [0.2, 0.25) is 5.78 Å². The molecule has 2 unspecified atom stereocenters. The maximum atomic E-state index is 14.2. The summed E-state index contributed by atoms with van der Waals surface area (Å²) in [5.41, 5.74) is 3.83. The molecule has 0 radical (unpaired) electrons. The van der Waals surface area contributed by atoms with E-state index >= 15 is 0 Å². The van der Waals surface area contributed by atoms with Crippen LogP contribution in [0.25, 0.3) is 21.8 Å². The van der Waals surface area contributed by atoms with E-state index in [4.69, 9.17) is 9.97 Å². The van der Waals surface area contributed by atoms with Gasteiger partial charge in [0.25, 0.3) is 11.1 Å². The highest BCUT2D eigenvalue weighted by atomic mass is 16.1. The SMILES string of the molecule is O=C1c2ccccc2C(C2c3ccccc3Cn3c2nc2ccccc2c3=O)n2c1nc1ccccc1c2=O. The highest BCUT2D eigenvalue weighted by Crippen LogP contribution is 2.45. The van der Waals surface area contributed by atoms with E-state index in [1.54, 1.807) is 41.0 Å². The Hall–Kier alpha value is -5.17. The fourth-order valence-corrected chi connectivity index (χ4v) is 6.29. The molecule has 0 N–H and O–H groups in total. The van der Waals surface area contributed by atoms with Gasteiger partial charge in [0.15, 0.2) is 5.82 Å². The van der Waals surface area contributed by atoms with Crippen LogP contribution in [0, 0.1) is 0 Å². The van der Waals surface area contributed by atoms with E-state index in [-0.39, 0.29) is 22.7 Å². The number of aromatic nitrogens is 4. The third-order valence-electron chi connectivity index (χ3n) is 8.02. The third-order valence-corrected chi connectivity index (χ3v) is 8.02. The monoisotopic (exact) mass is 508 g/mol. The third kappa shape index (κ3) is 2.95. The van der Waals surface area contributed by atoms with Gasteiger partial charge < -0.3 is 0 Å². The number of hydrogen-bond donors (Lipinski definition) is 0. The van der Waals surface area contributed by atoms with E-state index in [1.165, 1.54) is 4.57 Å². The number of fused-ring (bicyclic) bond motifs is 6. The number of para-hydroxylation sites is 2. The largest absolute Gasteiger partial charge is 0.291 e. The van der Waals surface area contributed by atoms with Crippen LogP contribution >= 0.6 is 0 Å². The van der Waals surface area contributed by atoms with Crippen LogP contribution in [0.2, 0.25) is 0 Å². The summed E-state index contributed by atoms with van der Waals surface area (Å²) < 4.78 is 3.25. The van der Waals surface area contributed by atoms with E-state index in [0.29, 0.717) is 45.3 Å². The van der Waals surface area contributed by atoms with Crippen molar-refractivity contribution >= 4 is 27.6 Å². The van der Waals surface area contributed by atoms with Crippen molar-refractivity contribution in [2.45, 2.75) is 18.5 Å². The van der Waals surface area contributed by atoms with Crippen molar-refractivity contribution in [1.29, 1.82) is 0 Å². The van der Waals surface area contributed by atoms with Crippen molar-refractivity contribution in [3.8, 4) is 0 Å². The van der Waals surface area contributed by atoms with Gasteiger partial charge in [-0.05, 0) is 41.0 Å². The first-order valence-corrected chi connectivity index (χ1v) is 12.8. The molecule has 4 heterocycles. The summed E-state index contributed by atoms with van der Waals surface area (Å²) in [5.74, 6) is -0.142. The van der Waals surface area contributed by atoms with Gasteiger partial charge in [0, 0.05) is 5.56 Å². The van der Waals surface area contributed by atoms with Crippen LogP contribution in [-0.4, -0.2) is 24.9 Å². The highest BCUT2D eigenvalue weighted by molar-refractivity contribution is 6.09. The summed E-state index contributed by atoms with van der Waals surface area (Å²) in [7, 11) is 0. The zero-order valence-corrected chi connectivity index (χ0v) is 20.6. The standard InChI is InChI=1S/C32H20N4O3/c37-28-21-12-4-3-11-20(21)27(36-30(28)34-25-16-8-6-14-23(25)32(36)39)26-19-10-2-1-9-18(19)17-35-29(26)33-24-15-7-5-13-22(24)31(35)38/h1-16,26-27H,17H2. The Balaban J connectivity index is 1.53. The first-order chi connectivity index (χ1) is 19.1. The number of ketones is 1. The fourth-order valence-electron chi connectivity index (χ4n) is 6.29. The molecule has 4 aromatic carbocycles. The van der Waals surface area contributed by atoms with Crippen LogP contribution < -0.4 is 11.1 Å². The minimum atomic E-state index is -0.640. The van der Waals surface area contributed by atoms with Crippen molar-refractivity contribution < 1.29 is 4.79 Å². The van der Waals surface area contributed by atoms with Gasteiger partial charge in [-0.2, -0.15) is 0 Å². The Bertz CT molecular complexity index is 2140. The normalized spacial score (nSPS) is 17.4. The summed E-state index contributed by atoms with van der Waals surface area (Å²) in [4.78, 5) is 51.4. The van der Waals surface area contributed by atoms with Gasteiger partial charge >= 0.3 is 0 Å². The van der Waals surface area contributed by atoms with E-state index in [2.05, 4.69) is 0 Å². The molecule has 6 aromatic rings. The summed E-state index contributed by atoms with van der Waals surface area (Å²) in [6.45, 7) is 0.379. The maximum absolute atomic E-state index is 14.2. The molecular weight excluding hydrogens is 488 g/mol. The fraction of sp³-hybridized carbons (Fsp3) is 0.0938. The summed E-state index contributed by atoms with van der Waals surface area (Å²) in [5, 5.41) is 0.982. The molecular formula is C32H20N4O3. The number of hydrogen-bond acceptors (Lipinski definition) is 5. The second-order valence-electron chi connectivity index (χ2n) is 10.0. The van der Waals surface area contributed by atoms with E-state index in [9.17, 15) is 14.4 Å². The van der Waals surface area contributed by atoms with Crippen LogP contribution in [0.5, 0.6) is 0 Å². The molecule has 186 valence electrons. The quantitative estimate of drug-likeness (QED) is 0.328. The molecule has 0 bridgehead atoms. The Morgan fingerprint density at radius 2 is 1.26 bits per heavy atom. The van der Waals surface area contributed by atoms with Gasteiger partial charge in [0.05, 0.1) is 40.3 Å². The molecule has 7 nitrogen and oxygen atoms in total. The minimum absolute atomic E-state index is 0.0974. The van der Waals surface area contributed by atoms with Crippen molar-refractivity contribution in [2.24, 2.45) is 0 Å². The lowest BCUT2D eigenvalue weighted by atomic mass is 9.78. The number of benzene rings is 4. The van der Waals surface area contributed by atoms with E-state index in [0.717, 1.165) is 11.1 Å². The molecule has 0 fully saturated rings. The molecule has 0 aliphatic carbocycles. The van der Waals surface area contributed by atoms with E-state index < -0.39 is 12.0 Å². The van der Waals surface area contributed by atoms with Crippen LogP contribution in [0.4, 0.5) is 0 Å². The Labute approximate surface area is 221 Å². The van der Waals surface area contributed by atoms with Crippen LogP contribution in [0.3, 0.4) is 0 Å². The molecule has 2 atom stereocenters. The lowest BCUT2D eigenvalue weighted by molar-refractivity contribution is 0.101. The van der Waals surface area contributed by atoms with Gasteiger partial charge in [-0.25, -0.2) is 9.97 Å². The Morgan fingerprint density at radius 3 is 2.05 bits per heavy atom. The van der Waals surface area contributed by atoms with Gasteiger partial charge in [-0.3, -0.25) is 23.5 Å². The molecule has 39 heavy (non-hydrogen) atoms. The highest BCUT2D eigenvalue weighted by Gasteiger charge is 2.43. The molecule has 0 amide bonds. The lowest BCUT2D eigenvalue weighted by Crippen LogP contribution is -2.42. The molecule has 0 spiro atoms. The zero-order chi connectivity index (χ0) is 26.2. The smallest absolute Gasteiger partial charge is 0.262 e. The maximum Gasteiger partial charge on any atom is 0.262 e. The second kappa shape index (κ2) is 7.91. The average Bonchev–Trinajstić information content (AvgIpc) is 2.98. The molecule has 7 heteroatoms. The molecule has 8 rings (SSSR count). The van der Waals surface area contributed by atoms with Gasteiger partial charge in [-0.1, -0.05) is 72.8 Å². The Kier molecular flexibility index (Phi) is 4.44. The van der Waals surface area contributed by atoms with Crippen LogP contribution in [0.1, 0.15) is 50.7 Å². The molecule has 0 saturated carbocycles. The van der Waals surface area contributed by atoms with Crippen LogP contribution in [0.15, 0.2) is 107 Å². The minimum Gasteiger partial charge on any atom is -0.291 e. The number of carbonyl (C=O) groups excluding carboxylic acids is 1. The van der Waals surface area contributed by atoms with Crippen molar-refractivity contribution in [3.05, 3.63) is 152 Å². The second-order valence-corrected chi connectivity index (χ2v) is 10.0. The number of rotatable bonds is 1. The first-order valence-electron chi connectivity index (χ1n) is 12.8. The Morgan fingerprint density at radius 1 is 0.641 bits per heavy atom. The van der Waals surface area contributed by atoms with Gasteiger partial charge in [-0.15, -0.1) is 0 Å². The van der Waals surface area contributed by atoms with Crippen molar-refractivity contribution in [3.63, 3.8) is 0 Å². The average molecular weight is 509 g/mol. The molecule has 2 aliphatic heterocycles. The van der Waals surface area contributed by atoms with E-state index in [1.807, 2.05) is 60.7 Å². The number of nitrogens with zero attached hydrogens (tertiary/aromatic N) is 4. The van der Waals surface area contributed by atoms with Crippen molar-refractivity contribution in [2.75, 3.05) is 0 Å². The number of carbonyl (C=O) groups is 1. The molecule has 2 aromatic heterocycles. The lowest BCUT2D eigenvalue weighted by Gasteiger charge is -2.38. The molecule has 2 aliphatic rings. The topological polar surface area (TPSA) is 86.8 Å². The summed E-state index contributed by atoms with van der Waals surface area (Å²) in [6.07, 6.45) is 0. The van der Waals surface area contributed by atoms with Gasteiger partial charge in [0.1, 0.15) is 5.82 Å². The summed E-state index contributed by atoms with van der Waals surface area (Å²) in [6, 6.07) is 29.1. The molecule has 0 saturated heterocycles. The predicted octanol–water partition coefficient (Wildman–Crippen LogP) is 4.43. The summed E-state index contributed by atoms with van der Waals surface area (Å²) >= 11 is 0.